The largest absolute Gasteiger partial charge is 0.506 e. The van der Waals surface area contributed by atoms with Crippen LogP contribution in [0.15, 0.2) is 36.4 Å². The van der Waals surface area contributed by atoms with Crippen molar-refractivity contribution in [1.29, 1.82) is 0 Å². The second-order valence-electron chi connectivity index (χ2n) is 7.77. The maximum absolute atomic E-state index is 9.86. The first-order valence-electron chi connectivity index (χ1n) is 9.16. The summed E-state index contributed by atoms with van der Waals surface area (Å²) in [5.41, 5.74) is 15.5. The van der Waals surface area contributed by atoms with E-state index in [-0.39, 0.29) is 22.3 Å². The average Bonchev–Trinajstić information content (AvgIpc) is 3.01. The number of phenolic OH excluding ortho intramolecular Hbond substituents is 2. The minimum absolute atomic E-state index is 0.0243. The van der Waals surface area contributed by atoms with Gasteiger partial charge in [0.25, 0.3) is 0 Å². The third kappa shape index (κ3) is 2.20. The molecule has 2 saturated carbocycles. The summed E-state index contributed by atoms with van der Waals surface area (Å²) in [6, 6.07) is 11.5. The third-order valence-electron chi connectivity index (χ3n) is 6.74. The Morgan fingerprint density at radius 2 is 1.04 bits per heavy atom. The van der Waals surface area contributed by atoms with Crippen LogP contribution < -0.4 is 11.5 Å². The molecule has 2 aliphatic rings. The number of rotatable bonds is 2. The highest BCUT2D eigenvalue weighted by Gasteiger charge is 2.57. The van der Waals surface area contributed by atoms with Crippen LogP contribution in [0.1, 0.15) is 56.1 Å². The van der Waals surface area contributed by atoms with Crippen LogP contribution in [-0.2, 0) is 10.8 Å². The molecule has 0 spiro atoms. The van der Waals surface area contributed by atoms with Crippen LogP contribution in [0.4, 0.5) is 11.4 Å². The van der Waals surface area contributed by atoms with E-state index in [1.165, 1.54) is 30.4 Å². The molecule has 0 amide bonds. The lowest BCUT2D eigenvalue weighted by Crippen LogP contribution is -2.47. The molecule has 4 rings (SSSR count). The van der Waals surface area contributed by atoms with Crippen LogP contribution in [0, 0.1) is 0 Å². The van der Waals surface area contributed by atoms with Gasteiger partial charge in [-0.2, -0.15) is 0 Å². The molecule has 0 aliphatic heterocycles. The normalized spacial score (nSPS) is 28.6. The number of fused-ring (bicyclic) bond motifs is 1. The number of nitrogen functional groups attached to an aromatic ring is 2. The van der Waals surface area contributed by atoms with Gasteiger partial charge in [0.1, 0.15) is 11.5 Å². The van der Waals surface area contributed by atoms with E-state index >= 15 is 0 Å². The molecule has 25 heavy (non-hydrogen) atoms. The molecular formula is C21H26N2O2. The Morgan fingerprint density at radius 1 is 0.640 bits per heavy atom. The van der Waals surface area contributed by atoms with Gasteiger partial charge in [0.2, 0.25) is 0 Å². The van der Waals surface area contributed by atoms with Crippen LogP contribution in [0.2, 0.25) is 0 Å². The van der Waals surface area contributed by atoms with E-state index in [4.69, 9.17) is 11.5 Å². The fourth-order valence-corrected chi connectivity index (χ4v) is 5.59. The van der Waals surface area contributed by atoms with Gasteiger partial charge in [0.05, 0.1) is 11.4 Å². The highest BCUT2D eigenvalue weighted by Crippen LogP contribution is 2.63. The zero-order valence-electron chi connectivity index (χ0n) is 14.5. The molecule has 2 aliphatic carbocycles. The van der Waals surface area contributed by atoms with E-state index in [0.29, 0.717) is 11.4 Å². The van der Waals surface area contributed by atoms with Crippen molar-refractivity contribution in [3.05, 3.63) is 47.5 Å². The maximum Gasteiger partial charge on any atom is 0.138 e. The Balaban J connectivity index is 1.91. The monoisotopic (exact) mass is 338 g/mol. The molecule has 2 atom stereocenters. The van der Waals surface area contributed by atoms with Gasteiger partial charge < -0.3 is 21.7 Å². The van der Waals surface area contributed by atoms with Gasteiger partial charge in [-0.25, -0.2) is 0 Å². The van der Waals surface area contributed by atoms with Gasteiger partial charge in [0, 0.05) is 10.8 Å². The van der Waals surface area contributed by atoms with Crippen LogP contribution in [0.5, 0.6) is 11.5 Å². The highest BCUT2D eigenvalue weighted by atomic mass is 16.3. The van der Waals surface area contributed by atoms with E-state index in [2.05, 4.69) is 0 Å². The molecule has 2 aromatic rings. The fraction of sp³-hybridized carbons (Fsp3) is 0.429. The molecule has 0 radical (unpaired) electrons. The summed E-state index contributed by atoms with van der Waals surface area (Å²) >= 11 is 0. The molecule has 0 saturated heterocycles. The lowest BCUT2D eigenvalue weighted by Gasteiger charge is -2.51. The summed E-state index contributed by atoms with van der Waals surface area (Å²) < 4.78 is 0. The summed E-state index contributed by atoms with van der Waals surface area (Å²) in [4.78, 5) is 0. The first-order valence-corrected chi connectivity index (χ1v) is 9.16. The maximum atomic E-state index is 9.86. The van der Waals surface area contributed by atoms with Crippen molar-refractivity contribution < 1.29 is 10.2 Å². The Kier molecular flexibility index (Phi) is 3.60. The summed E-state index contributed by atoms with van der Waals surface area (Å²) in [5.74, 6) is 0.293. The molecule has 2 unspecified atom stereocenters. The molecule has 4 nitrogen and oxygen atoms in total. The third-order valence-corrected chi connectivity index (χ3v) is 6.74. The second kappa shape index (κ2) is 5.58. The lowest BCUT2D eigenvalue weighted by atomic mass is 9.52. The Labute approximate surface area is 148 Å². The van der Waals surface area contributed by atoms with Crippen molar-refractivity contribution in [2.75, 3.05) is 11.5 Å². The van der Waals surface area contributed by atoms with Crippen LogP contribution in [0.25, 0.3) is 0 Å². The van der Waals surface area contributed by atoms with Gasteiger partial charge >= 0.3 is 0 Å². The number of nitrogens with two attached hydrogens (primary N) is 2. The Bertz CT molecular complexity index is 752. The van der Waals surface area contributed by atoms with Crippen molar-refractivity contribution in [1.82, 2.24) is 0 Å². The van der Waals surface area contributed by atoms with E-state index < -0.39 is 0 Å². The smallest absolute Gasteiger partial charge is 0.138 e. The zero-order chi connectivity index (χ0) is 17.7. The van der Waals surface area contributed by atoms with Gasteiger partial charge in [-0.15, -0.1) is 0 Å². The van der Waals surface area contributed by atoms with Crippen molar-refractivity contribution in [2.24, 2.45) is 0 Å². The summed E-state index contributed by atoms with van der Waals surface area (Å²) in [6.07, 6.45) is 8.07. The minimum atomic E-state index is 0.0243. The van der Waals surface area contributed by atoms with Crippen molar-refractivity contribution in [3.8, 4) is 11.5 Å². The fourth-order valence-electron chi connectivity index (χ4n) is 5.59. The van der Waals surface area contributed by atoms with Gasteiger partial charge in [-0.05, 0) is 61.1 Å². The molecule has 0 aromatic heterocycles. The number of phenols is 2. The number of anilines is 2. The molecular weight excluding hydrogens is 312 g/mol. The van der Waals surface area contributed by atoms with E-state index in [1.807, 2.05) is 24.3 Å². The molecule has 2 fully saturated rings. The molecule has 132 valence electrons. The van der Waals surface area contributed by atoms with E-state index in [0.717, 1.165) is 25.7 Å². The number of hydrogen-bond acceptors (Lipinski definition) is 4. The van der Waals surface area contributed by atoms with E-state index in [9.17, 15) is 10.2 Å². The number of hydrogen-bond donors (Lipinski definition) is 4. The molecule has 0 heterocycles. The standard InChI is InChI=1S/C21H26N2O2/c22-16-12-14(4-6-18(16)24)20-8-1-2-9-21(20,11-3-10-20)15-5-7-19(25)17(23)13-15/h4-7,12-13,24-25H,1-3,8-11,22-23H2. The highest BCUT2D eigenvalue weighted by molar-refractivity contribution is 5.59. The summed E-state index contributed by atoms with van der Waals surface area (Å²) in [5, 5.41) is 19.7. The van der Waals surface area contributed by atoms with Gasteiger partial charge in [-0.1, -0.05) is 31.4 Å². The Morgan fingerprint density at radius 3 is 1.44 bits per heavy atom. The molecule has 0 bridgehead atoms. The SMILES string of the molecule is Nc1cc(C23CCCCC2(c2ccc(O)c(N)c2)CCC3)ccc1O. The molecule has 6 N–H and O–H groups in total. The quantitative estimate of drug-likeness (QED) is 0.488. The van der Waals surface area contributed by atoms with Crippen molar-refractivity contribution in [3.63, 3.8) is 0 Å². The van der Waals surface area contributed by atoms with Crippen molar-refractivity contribution in [2.45, 2.75) is 55.8 Å². The predicted octanol–water partition coefficient (Wildman–Crippen LogP) is 4.20. The van der Waals surface area contributed by atoms with Crippen LogP contribution in [0.3, 0.4) is 0 Å². The topological polar surface area (TPSA) is 92.5 Å². The summed E-state index contributed by atoms with van der Waals surface area (Å²) in [7, 11) is 0. The van der Waals surface area contributed by atoms with Gasteiger partial charge in [-0.3, -0.25) is 0 Å². The van der Waals surface area contributed by atoms with Crippen LogP contribution in [-0.4, -0.2) is 10.2 Å². The number of aromatic hydroxyl groups is 2. The second-order valence-corrected chi connectivity index (χ2v) is 7.77. The predicted molar refractivity (Wildman–Crippen MR) is 101 cm³/mol. The summed E-state index contributed by atoms with van der Waals surface area (Å²) in [6.45, 7) is 0. The average molecular weight is 338 g/mol. The van der Waals surface area contributed by atoms with Gasteiger partial charge in [0.15, 0.2) is 0 Å². The molecule has 4 heteroatoms. The first-order chi connectivity index (χ1) is 12.0. The lowest BCUT2D eigenvalue weighted by molar-refractivity contribution is 0.171. The number of benzene rings is 2. The van der Waals surface area contributed by atoms with Crippen molar-refractivity contribution >= 4 is 11.4 Å². The Hall–Kier alpha value is -2.36. The van der Waals surface area contributed by atoms with E-state index in [1.54, 1.807) is 12.1 Å². The van der Waals surface area contributed by atoms with Crippen LogP contribution >= 0.6 is 0 Å². The minimum Gasteiger partial charge on any atom is -0.506 e. The molecule has 2 aromatic carbocycles. The zero-order valence-corrected chi connectivity index (χ0v) is 14.5. The first kappa shape index (κ1) is 16.1.